The lowest BCUT2D eigenvalue weighted by atomic mass is 10.1. The molecule has 1 aromatic heterocycles. The number of aliphatic carboxylic acids is 1. The maximum atomic E-state index is 12.4. The molecule has 0 fully saturated rings. The molecule has 5 nitrogen and oxygen atoms in total. The molecular weight excluding hydrogens is 256 g/mol. The molecule has 1 atom stereocenters. The smallest absolute Gasteiger partial charge is 0.312 e. The van der Waals surface area contributed by atoms with E-state index >= 15 is 0 Å². The molecule has 20 heavy (non-hydrogen) atoms. The molecule has 4 N–H and O–H groups in total. The number of carbonyl (C=O) groups is 2. The van der Waals surface area contributed by atoms with Gasteiger partial charge in [-0.25, -0.2) is 0 Å². The van der Waals surface area contributed by atoms with E-state index in [-0.39, 0.29) is 11.9 Å². The van der Waals surface area contributed by atoms with Crippen LogP contribution in [-0.2, 0) is 11.3 Å². The van der Waals surface area contributed by atoms with E-state index in [9.17, 15) is 9.59 Å². The lowest BCUT2D eigenvalue weighted by molar-refractivity contribution is -0.138. The molecule has 104 valence electrons. The van der Waals surface area contributed by atoms with Crippen molar-refractivity contribution in [1.29, 1.82) is 0 Å². The number of rotatable bonds is 3. The Kier molecular flexibility index (Phi) is 3.72. The van der Waals surface area contributed by atoms with Crippen molar-refractivity contribution in [1.82, 2.24) is 10.7 Å². The van der Waals surface area contributed by atoms with Crippen molar-refractivity contribution in [3.8, 4) is 0 Å². The van der Waals surface area contributed by atoms with Crippen molar-refractivity contribution in [2.75, 3.05) is 0 Å². The molecule has 1 aliphatic rings. The fourth-order valence-corrected chi connectivity index (χ4v) is 2.63. The second-order valence-electron chi connectivity index (χ2n) is 4.67. The summed E-state index contributed by atoms with van der Waals surface area (Å²) in [6.45, 7) is 0.590. The SMILES string of the molecule is N.O=C(c1ccccc1)c1ccc2n1CCC2C(=O)O. The van der Waals surface area contributed by atoms with Crippen molar-refractivity contribution in [3.63, 3.8) is 0 Å². The monoisotopic (exact) mass is 272 g/mol. The van der Waals surface area contributed by atoms with Crippen molar-refractivity contribution in [2.45, 2.75) is 18.9 Å². The molecule has 0 bridgehead atoms. The summed E-state index contributed by atoms with van der Waals surface area (Å²) in [4.78, 5) is 23.5. The van der Waals surface area contributed by atoms with Crippen LogP contribution in [0, 0.1) is 0 Å². The van der Waals surface area contributed by atoms with Gasteiger partial charge in [-0.15, -0.1) is 0 Å². The van der Waals surface area contributed by atoms with Crippen molar-refractivity contribution < 1.29 is 14.7 Å². The standard InChI is InChI=1S/C15H13NO3.H3N/c17-14(10-4-2-1-3-5-10)13-7-6-12-11(15(18)19)8-9-16(12)13;/h1-7,11H,8-9H2,(H,18,19);1H3. The number of carboxylic acid groups (broad SMARTS) is 1. The van der Waals surface area contributed by atoms with Crippen LogP contribution in [0.1, 0.15) is 34.1 Å². The number of hydrogen-bond acceptors (Lipinski definition) is 3. The number of aromatic nitrogens is 1. The van der Waals surface area contributed by atoms with Crippen molar-refractivity contribution in [3.05, 3.63) is 59.4 Å². The second kappa shape index (κ2) is 5.30. The Morgan fingerprint density at radius 3 is 2.45 bits per heavy atom. The molecule has 0 spiro atoms. The van der Waals surface area contributed by atoms with E-state index in [1.807, 2.05) is 22.8 Å². The Morgan fingerprint density at radius 2 is 1.80 bits per heavy atom. The third kappa shape index (κ3) is 2.12. The fraction of sp³-hybridized carbons (Fsp3) is 0.200. The largest absolute Gasteiger partial charge is 0.481 e. The zero-order valence-corrected chi connectivity index (χ0v) is 11.0. The Bertz CT molecular complexity index is 646. The molecule has 1 aromatic carbocycles. The lowest BCUT2D eigenvalue weighted by Crippen LogP contribution is -2.09. The summed E-state index contributed by atoms with van der Waals surface area (Å²) < 4.78 is 1.83. The molecule has 1 unspecified atom stereocenters. The Balaban J connectivity index is 0.00000147. The number of carboxylic acids is 1. The minimum absolute atomic E-state index is 0. The molecule has 5 heteroatoms. The zero-order chi connectivity index (χ0) is 13.4. The summed E-state index contributed by atoms with van der Waals surface area (Å²) in [7, 11) is 0. The quantitative estimate of drug-likeness (QED) is 0.839. The molecular formula is C15H16N2O3. The fourth-order valence-electron chi connectivity index (χ4n) is 2.63. The summed E-state index contributed by atoms with van der Waals surface area (Å²) in [6.07, 6.45) is 0.556. The summed E-state index contributed by atoms with van der Waals surface area (Å²) >= 11 is 0. The highest BCUT2D eigenvalue weighted by Gasteiger charge is 2.31. The van der Waals surface area contributed by atoms with Gasteiger partial charge in [-0.2, -0.15) is 0 Å². The van der Waals surface area contributed by atoms with E-state index in [1.165, 1.54) is 0 Å². The highest BCUT2D eigenvalue weighted by atomic mass is 16.4. The maximum Gasteiger partial charge on any atom is 0.312 e. The molecule has 3 rings (SSSR count). The summed E-state index contributed by atoms with van der Waals surface area (Å²) in [5, 5.41) is 9.13. The van der Waals surface area contributed by atoms with Crippen LogP contribution in [0.2, 0.25) is 0 Å². The van der Waals surface area contributed by atoms with Crippen LogP contribution in [0.15, 0.2) is 42.5 Å². The number of ketones is 1. The van der Waals surface area contributed by atoms with E-state index in [0.29, 0.717) is 24.2 Å². The van der Waals surface area contributed by atoms with Crippen LogP contribution in [0.25, 0.3) is 0 Å². The molecule has 2 heterocycles. The van der Waals surface area contributed by atoms with Crippen molar-refractivity contribution in [2.24, 2.45) is 0 Å². The van der Waals surface area contributed by atoms with Gasteiger partial charge in [0.05, 0.1) is 11.6 Å². The first-order chi connectivity index (χ1) is 9.18. The first-order valence-corrected chi connectivity index (χ1v) is 6.20. The van der Waals surface area contributed by atoms with Gasteiger partial charge in [0.15, 0.2) is 0 Å². The Hall–Kier alpha value is -2.40. The van der Waals surface area contributed by atoms with E-state index in [2.05, 4.69) is 0 Å². The van der Waals surface area contributed by atoms with Gasteiger partial charge >= 0.3 is 5.97 Å². The normalized spacial score (nSPS) is 16.3. The van der Waals surface area contributed by atoms with E-state index in [1.54, 1.807) is 24.3 Å². The first-order valence-electron chi connectivity index (χ1n) is 6.20. The van der Waals surface area contributed by atoms with Crippen LogP contribution in [0.4, 0.5) is 0 Å². The molecule has 0 saturated heterocycles. The molecule has 0 amide bonds. The predicted octanol–water partition coefficient (Wildman–Crippen LogP) is 2.45. The lowest BCUT2D eigenvalue weighted by Gasteiger charge is -2.05. The van der Waals surface area contributed by atoms with Crippen LogP contribution in [-0.4, -0.2) is 21.4 Å². The average Bonchev–Trinajstić information content (AvgIpc) is 2.99. The minimum Gasteiger partial charge on any atom is -0.481 e. The second-order valence-corrected chi connectivity index (χ2v) is 4.67. The van der Waals surface area contributed by atoms with E-state index in [4.69, 9.17) is 5.11 Å². The summed E-state index contributed by atoms with van der Waals surface area (Å²) in [5.74, 6) is -1.37. The molecule has 1 aliphatic heterocycles. The summed E-state index contributed by atoms with van der Waals surface area (Å²) in [6, 6.07) is 12.5. The highest BCUT2D eigenvalue weighted by molar-refractivity contribution is 6.08. The van der Waals surface area contributed by atoms with Crippen LogP contribution >= 0.6 is 0 Å². The summed E-state index contributed by atoms with van der Waals surface area (Å²) in [5.41, 5.74) is 1.93. The number of fused-ring (bicyclic) bond motifs is 1. The van der Waals surface area contributed by atoms with Gasteiger partial charge in [-0.3, -0.25) is 9.59 Å². The van der Waals surface area contributed by atoms with E-state index < -0.39 is 11.9 Å². The maximum absolute atomic E-state index is 12.4. The molecule has 2 aromatic rings. The average molecular weight is 272 g/mol. The number of hydrogen-bond donors (Lipinski definition) is 2. The topological polar surface area (TPSA) is 94.3 Å². The third-order valence-corrected chi connectivity index (χ3v) is 3.58. The van der Waals surface area contributed by atoms with Gasteiger partial charge in [-0.05, 0) is 18.6 Å². The highest BCUT2D eigenvalue weighted by Crippen LogP contribution is 2.31. The van der Waals surface area contributed by atoms with Crippen LogP contribution < -0.4 is 6.15 Å². The van der Waals surface area contributed by atoms with Crippen LogP contribution in [0.5, 0.6) is 0 Å². The predicted molar refractivity (Wildman–Crippen MR) is 74.3 cm³/mol. The van der Waals surface area contributed by atoms with E-state index in [0.717, 1.165) is 5.69 Å². The molecule has 0 radical (unpaired) electrons. The van der Waals surface area contributed by atoms with Gasteiger partial charge in [0.1, 0.15) is 0 Å². The first kappa shape index (κ1) is 14.0. The van der Waals surface area contributed by atoms with Gasteiger partial charge in [0, 0.05) is 17.8 Å². The van der Waals surface area contributed by atoms with Crippen molar-refractivity contribution >= 4 is 11.8 Å². The number of benzene rings is 1. The van der Waals surface area contributed by atoms with Gasteiger partial charge < -0.3 is 15.8 Å². The Labute approximate surface area is 116 Å². The Morgan fingerprint density at radius 1 is 1.10 bits per heavy atom. The van der Waals surface area contributed by atoms with Crippen LogP contribution in [0.3, 0.4) is 0 Å². The molecule has 0 aliphatic carbocycles. The van der Waals surface area contributed by atoms with Gasteiger partial charge in [0.25, 0.3) is 0 Å². The zero-order valence-electron chi connectivity index (χ0n) is 11.0. The number of carbonyl (C=O) groups excluding carboxylic acids is 1. The third-order valence-electron chi connectivity index (χ3n) is 3.58. The van der Waals surface area contributed by atoms with Gasteiger partial charge in [0.2, 0.25) is 5.78 Å². The molecule has 0 saturated carbocycles. The number of nitrogens with zero attached hydrogens (tertiary/aromatic N) is 1. The minimum atomic E-state index is -0.824. The van der Waals surface area contributed by atoms with Gasteiger partial charge in [-0.1, -0.05) is 30.3 Å².